The van der Waals surface area contributed by atoms with Gasteiger partial charge in [-0.3, -0.25) is 4.79 Å². The zero-order chi connectivity index (χ0) is 19.3. The summed E-state index contributed by atoms with van der Waals surface area (Å²) in [5, 5.41) is 4.84. The van der Waals surface area contributed by atoms with Crippen molar-refractivity contribution < 1.29 is 4.79 Å². The van der Waals surface area contributed by atoms with Crippen molar-refractivity contribution in [3.05, 3.63) is 69.2 Å². The van der Waals surface area contributed by atoms with Crippen LogP contribution in [0, 0.1) is 5.92 Å². The summed E-state index contributed by atoms with van der Waals surface area (Å²) in [4.78, 5) is 15.6. The molecule has 2 aromatic rings. The standard InChI is InChI=1S/C23H24Cl2N2O/c24-17-8-7-14(11-18(17)25)12-20(28)22-21-16-6-2-1-5-15(16)19(26-23(21)22)13-27-9-3-4-10-27/h1-2,5-8,11,19,21-23,26H,3-4,9-10,12-13H2. The van der Waals surface area contributed by atoms with Gasteiger partial charge in [0.2, 0.25) is 0 Å². The van der Waals surface area contributed by atoms with E-state index in [9.17, 15) is 4.79 Å². The molecule has 28 heavy (non-hydrogen) atoms. The molecule has 1 aliphatic carbocycles. The minimum absolute atomic E-state index is 0.0548. The highest BCUT2D eigenvalue weighted by atomic mass is 35.5. The smallest absolute Gasteiger partial charge is 0.142 e. The highest BCUT2D eigenvalue weighted by molar-refractivity contribution is 6.42. The first-order chi connectivity index (χ1) is 13.6. The number of Topliss-reactive ketones (excluding diaryl/α,β-unsaturated/α-hetero) is 1. The van der Waals surface area contributed by atoms with E-state index in [1.54, 1.807) is 6.07 Å². The summed E-state index contributed by atoms with van der Waals surface area (Å²) < 4.78 is 0. The summed E-state index contributed by atoms with van der Waals surface area (Å²) in [6.07, 6.45) is 3.01. The second kappa shape index (κ2) is 7.46. The Morgan fingerprint density at radius 3 is 2.54 bits per heavy atom. The maximum Gasteiger partial charge on any atom is 0.142 e. The number of likely N-dealkylation sites (tertiary alicyclic amines) is 1. The van der Waals surface area contributed by atoms with Crippen LogP contribution in [0.2, 0.25) is 10.0 Å². The third-order valence-corrected chi connectivity index (χ3v) is 7.26. The lowest BCUT2D eigenvalue weighted by Crippen LogP contribution is -2.38. The molecule has 2 fully saturated rings. The highest BCUT2D eigenvalue weighted by Gasteiger charge is 2.58. The van der Waals surface area contributed by atoms with E-state index < -0.39 is 0 Å². The number of hydrogen-bond donors (Lipinski definition) is 1. The molecule has 0 spiro atoms. The quantitative estimate of drug-likeness (QED) is 0.773. The first kappa shape index (κ1) is 18.6. The van der Waals surface area contributed by atoms with Crippen LogP contribution in [0.25, 0.3) is 0 Å². The number of halogens is 2. The number of hydrogen-bond acceptors (Lipinski definition) is 3. The average molecular weight is 415 g/mol. The molecule has 2 heterocycles. The molecule has 0 aromatic heterocycles. The van der Waals surface area contributed by atoms with E-state index in [0.29, 0.717) is 28.4 Å². The van der Waals surface area contributed by atoms with Crippen molar-refractivity contribution in [1.82, 2.24) is 10.2 Å². The lowest BCUT2D eigenvalue weighted by atomic mass is 9.93. The SMILES string of the molecule is O=C(Cc1ccc(Cl)c(Cl)c1)C1C2NC(CN3CCCC3)c3ccccc3C21. The summed E-state index contributed by atoms with van der Waals surface area (Å²) in [7, 11) is 0. The van der Waals surface area contributed by atoms with Gasteiger partial charge in [-0.25, -0.2) is 0 Å². The molecule has 146 valence electrons. The predicted octanol–water partition coefficient (Wildman–Crippen LogP) is 4.63. The summed E-state index contributed by atoms with van der Waals surface area (Å²) >= 11 is 12.1. The molecule has 3 aliphatic rings. The number of benzene rings is 2. The molecule has 4 atom stereocenters. The van der Waals surface area contributed by atoms with Gasteiger partial charge < -0.3 is 10.2 Å². The molecular formula is C23H24Cl2N2O. The topological polar surface area (TPSA) is 32.3 Å². The Hall–Kier alpha value is -1.39. The minimum Gasteiger partial charge on any atom is -0.305 e. The van der Waals surface area contributed by atoms with E-state index in [-0.39, 0.29) is 17.7 Å². The fourth-order valence-electron chi connectivity index (χ4n) is 5.10. The van der Waals surface area contributed by atoms with Crippen molar-refractivity contribution in [1.29, 1.82) is 0 Å². The summed E-state index contributed by atoms with van der Waals surface area (Å²) in [6.45, 7) is 3.41. The second-order valence-electron chi connectivity index (χ2n) is 8.32. The fourth-order valence-corrected chi connectivity index (χ4v) is 5.42. The Kier molecular flexibility index (Phi) is 4.96. The van der Waals surface area contributed by atoms with Gasteiger partial charge in [-0.2, -0.15) is 0 Å². The lowest BCUT2D eigenvalue weighted by Gasteiger charge is -2.29. The van der Waals surface area contributed by atoms with Crippen molar-refractivity contribution in [2.45, 2.75) is 37.3 Å². The summed E-state index contributed by atoms with van der Waals surface area (Å²) in [5.74, 6) is 0.651. The van der Waals surface area contributed by atoms with Crippen LogP contribution in [0.5, 0.6) is 0 Å². The van der Waals surface area contributed by atoms with E-state index in [1.165, 1.54) is 37.1 Å². The van der Waals surface area contributed by atoms with Crippen LogP contribution in [0.1, 0.15) is 41.5 Å². The highest BCUT2D eigenvalue weighted by Crippen LogP contribution is 2.54. The van der Waals surface area contributed by atoms with Gasteiger partial charge >= 0.3 is 0 Å². The molecule has 1 saturated heterocycles. The largest absolute Gasteiger partial charge is 0.305 e. The van der Waals surface area contributed by atoms with Crippen molar-refractivity contribution in [2.75, 3.05) is 19.6 Å². The van der Waals surface area contributed by atoms with Crippen molar-refractivity contribution >= 4 is 29.0 Å². The zero-order valence-electron chi connectivity index (χ0n) is 15.7. The van der Waals surface area contributed by atoms with E-state index in [1.807, 2.05) is 12.1 Å². The number of rotatable bonds is 5. The van der Waals surface area contributed by atoms with Crippen LogP contribution in [-0.4, -0.2) is 36.4 Å². The van der Waals surface area contributed by atoms with Gasteiger partial charge in [-0.05, 0) is 54.8 Å². The Labute approximate surface area is 176 Å². The molecule has 2 aliphatic heterocycles. The van der Waals surface area contributed by atoms with Crippen molar-refractivity contribution in [3.63, 3.8) is 0 Å². The maximum absolute atomic E-state index is 13.1. The monoisotopic (exact) mass is 414 g/mol. The van der Waals surface area contributed by atoms with E-state index in [0.717, 1.165) is 12.1 Å². The number of nitrogens with zero attached hydrogens (tertiary/aromatic N) is 1. The molecule has 0 amide bonds. The molecule has 5 heteroatoms. The van der Waals surface area contributed by atoms with Gasteiger partial charge in [0.25, 0.3) is 0 Å². The van der Waals surface area contributed by atoms with Gasteiger partial charge in [-0.1, -0.05) is 53.5 Å². The lowest BCUT2D eigenvalue weighted by molar-refractivity contribution is -0.119. The van der Waals surface area contributed by atoms with Gasteiger partial charge in [0, 0.05) is 36.9 Å². The second-order valence-corrected chi connectivity index (χ2v) is 9.14. The Morgan fingerprint density at radius 1 is 1.04 bits per heavy atom. The molecule has 4 unspecified atom stereocenters. The van der Waals surface area contributed by atoms with Crippen LogP contribution in [-0.2, 0) is 11.2 Å². The summed E-state index contributed by atoms with van der Waals surface area (Å²) in [6, 6.07) is 14.7. The third-order valence-electron chi connectivity index (χ3n) is 6.52. The average Bonchev–Trinajstić information content (AvgIpc) is 3.19. The van der Waals surface area contributed by atoms with Gasteiger partial charge in [-0.15, -0.1) is 0 Å². The molecular weight excluding hydrogens is 391 g/mol. The zero-order valence-corrected chi connectivity index (χ0v) is 17.2. The number of fused-ring (bicyclic) bond motifs is 3. The molecule has 2 aromatic carbocycles. The number of nitrogens with one attached hydrogen (secondary N) is 1. The fraction of sp³-hybridized carbons (Fsp3) is 0.435. The van der Waals surface area contributed by atoms with Gasteiger partial charge in [0.1, 0.15) is 5.78 Å². The Morgan fingerprint density at radius 2 is 1.79 bits per heavy atom. The molecule has 0 bridgehead atoms. The molecule has 1 saturated carbocycles. The molecule has 0 radical (unpaired) electrons. The first-order valence-corrected chi connectivity index (χ1v) is 10.9. The molecule has 3 nitrogen and oxygen atoms in total. The van der Waals surface area contributed by atoms with Crippen LogP contribution < -0.4 is 5.32 Å². The maximum atomic E-state index is 13.1. The van der Waals surface area contributed by atoms with Crippen molar-refractivity contribution in [2.24, 2.45) is 5.92 Å². The normalized spacial score (nSPS) is 28.6. The van der Waals surface area contributed by atoms with Crippen LogP contribution in [0.3, 0.4) is 0 Å². The molecule has 1 N–H and O–H groups in total. The first-order valence-electron chi connectivity index (χ1n) is 10.2. The van der Waals surface area contributed by atoms with Gasteiger partial charge in [0.05, 0.1) is 10.0 Å². The minimum atomic E-state index is 0.0548. The molecule has 5 rings (SSSR count). The Bertz CT molecular complexity index is 909. The van der Waals surface area contributed by atoms with E-state index in [4.69, 9.17) is 23.2 Å². The Balaban J connectivity index is 1.34. The predicted molar refractivity (Wildman–Crippen MR) is 113 cm³/mol. The number of carbonyl (C=O) groups is 1. The third kappa shape index (κ3) is 3.39. The van der Waals surface area contributed by atoms with Crippen LogP contribution >= 0.6 is 23.2 Å². The number of ketones is 1. The van der Waals surface area contributed by atoms with Crippen LogP contribution in [0.4, 0.5) is 0 Å². The van der Waals surface area contributed by atoms with Crippen molar-refractivity contribution in [3.8, 4) is 0 Å². The van der Waals surface area contributed by atoms with E-state index in [2.05, 4.69) is 34.5 Å². The summed E-state index contributed by atoms with van der Waals surface area (Å²) in [5.41, 5.74) is 3.67. The number of carbonyl (C=O) groups excluding carboxylic acids is 1. The van der Waals surface area contributed by atoms with Gasteiger partial charge in [0.15, 0.2) is 0 Å². The van der Waals surface area contributed by atoms with Crippen LogP contribution in [0.15, 0.2) is 42.5 Å². The van der Waals surface area contributed by atoms with E-state index >= 15 is 0 Å².